The highest BCUT2D eigenvalue weighted by atomic mass is 19.1. The second-order valence-corrected chi connectivity index (χ2v) is 7.43. The van der Waals surface area contributed by atoms with Crippen molar-refractivity contribution >= 4 is 28.8 Å². The van der Waals surface area contributed by atoms with E-state index in [4.69, 9.17) is 4.74 Å². The van der Waals surface area contributed by atoms with Gasteiger partial charge in [-0.05, 0) is 6.42 Å². The van der Waals surface area contributed by atoms with Gasteiger partial charge in [-0.1, -0.05) is 27.7 Å². The van der Waals surface area contributed by atoms with Gasteiger partial charge in [0.25, 0.3) is 0 Å². The molecule has 0 saturated carbocycles. The number of anilines is 2. The molecule has 28 heavy (non-hydrogen) atoms. The Bertz CT molecular complexity index is 866. The molecule has 10 heteroatoms. The van der Waals surface area contributed by atoms with Crippen LogP contribution in [0.5, 0.6) is 0 Å². The first-order valence-electron chi connectivity index (χ1n) is 9.43. The number of carbonyl (C=O) groups excluding carboxylic acids is 1. The van der Waals surface area contributed by atoms with Gasteiger partial charge in [-0.3, -0.25) is 14.7 Å². The first-order valence-corrected chi connectivity index (χ1v) is 9.43. The molecule has 4 atom stereocenters. The smallest absolute Gasteiger partial charge is 0.233 e. The van der Waals surface area contributed by atoms with Crippen molar-refractivity contribution in [1.29, 1.82) is 0 Å². The van der Waals surface area contributed by atoms with E-state index in [-0.39, 0.29) is 24.4 Å². The van der Waals surface area contributed by atoms with Crippen LogP contribution < -0.4 is 10.6 Å². The van der Waals surface area contributed by atoms with Crippen LogP contribution in [0.1, 0.15) is 40.3 Å². The summed E-state index contributed by atoms with van der Waals surface area (Å²) in [6, 6.07) is 0. The van der Waals surface area contributed by atoms with Crippen LogP contribution in [-0.2, 0) is 9.53 Å². The number of fused-ring (bicyclic) bond motifs is 1. The maximum absolute atomic E-state index is 15.1. The fourth-order valence-corrected chi connectivity index (χ4v) is 3.45. The molecule has 9 nitrogen and oxygen atoms in total. The van der Waals surface area contributed by atoms with E-state index in [9.17, 15) is 9.90 Å². The summed E-state index contributed by atoms with van der Waals surface area (Å²) >= 11 is 0. The van der Waals surface area contributed by atoms with Crippen molar-refractivity contribution in [3.63, 3.8) is 0 Å². The molecule has 0 aliphatic carbocycles. The highest BCUT2D eigenvalue weighted by Crippen LogP contribution is 2.45. The largest absolute Gasteiger partial charge is 0.393 e. The lowest BCUT2D eigenvalue weighted by atomic mass is 9.86. The van der Waals surface area contributed by atoms with Crippen LogP contribution in [0.15, 0.2) is 6.33 Å². The highest BCUT2D eigenvalue weighted by molar-refractivity contribution is 5.92. The van der Waals surface area contributed by atoms with Crippen molar-refractivity contribution < 1.29 is 19.0 Å². The van der Waals surface area contributed by atoms with Crippen molar-refractivity contribution in [3.05, 3.63) is 6.33 Å². The minimum absolute atomic E-state index is 0.0997. The van der Waals surface area contributed by atoms with Crippen LogP contribution in [0, 0.1) is 11.8 Å². The van der Waals surface area contributed by atoms with Crippen LogP contribution >= 0.6 is 0 Å². The summed E-state index contributed by atoms with van der Waals surface area (Å²) < 4.78 is 22.6. The lowest BCUT2D eigenvalue weighted by molar-refractivity contribution is -0.118. The standard InChI is InChI=1S/C18H27FN6O3/c1-6-18(7-26)10(4)11(19)16(28-18)25-8-21-12-13(20-5)22-17(23-14(12)25)24-15(27)9(2)3/h8-11,16,26H,6-7H2,1-5H3,(H2,20,22,23,24,27)/t10-,11+,16+,18-/m0/s1. The van der Waals surface area contributed by atoms with E-state index in [1.807, 2.05) is 6.92 Å². The zero-order valence-electron chi connectivity index (χ0n) is 16.7. The van der Waals surface area contributed by atoms with Gasteiger partial charge in [0, 0.05) is 18.9 Å². The molecule has 1 aliphatic heterocycles. The molecule has 0 aromatic carbocycles. The summed E-state index contributed by atoms with van der Waals surface area (Å²) in [7, 11) is 1.68. The number of nitrogens with zero attached hydrogens (tertiary/aromatic N) is 4. The quantitative estimate of drug-likeness (QED) is 0.687. The number of amides is 1. The molecule has 2 aromatic rings. The summed E-state index contributed by atoms with van der Waals surface area (Å²) in [5.41, 5.74) is -0.191. The van der Waals surface area contributed by atoms with Gasteiger partial charge in [0.1, 0.15) is 0 Å². The molecule has 0 spiro atoms. The number of ether oxygens (including phenoxy) is 1. The van der Waals surface area contributed by atoms with Crippen LogP contribution in [0.25, 0.3) is 11.2 Å². The highest BCUT2D eigenvalue weighted by Gasteiger charge is 2.53. The number of hydrogen-bond acceptors (Lipinski definition) is 7. The van der Waals surface area contributed by atoms with E-state index in [1.54, 1.807) is 27.8 Å². The van der Waals surface area contributed by atoms with Crippen LogP contribution in [-0.4, -0.2) is 56.0 Å². The lowest BCUT2D eigenvalue weighted by Crippen LogP contribution is -2.39. The summed E-state index contributed by atoms with van der Waals surface area (Å²) in [4.78, 5) is 25.0. The molecule has 0 bridgehead atoms. The summed E-state index contributed by atoms with van der Waals surface area (Å²) in [5.74, 6) is -0.468. The Morgan fingerprint density at radius 1 is 1.46 bits per heavy atom. The van der Waals surface area contributed by atoms with E-state index in [2.05, 4.69) is 25.6 Å². The maximum Gasteiger partial charge on any atom is 0.233 e. The lowest BCUT2D eigenvalue weighted by Gasteiger charge is -2.29. The summed E-state index contributed by atoms with van der Waals surface area (Å²) in [6.07, 6.45) is -0.423. The molecule has 1 amide bonds. The van der Waals surface area contributed by atoms with Crippen molar-refractivity contribution in [1.82, 2.24) is 19.5 Å². The molecule has 2 aromatic heterocycles. The fourth-order valence-electron chi connectivity index (χ4n) is 3.45. The normalized spacial score (nSPS) is 27.5. The number of rotatable bonds is 6. The molecular weight excluding hydrogens is 367 g/mol. The minimum Gasteiger partial charge on any atom is -0.393 e. The van der Waals surface area contributed by atoms with Crippen LogP contribution in [0.2, 0.25) is 0 Å². The average molecular weight is 394 g/mol. The predicted molar refractivity (Wildman–Crippen MR) is 103 cm³/mol. The van der Waals surface area contributed by atoms with Gasteiger partial charge < -0.3 is 15.2 Å². The maximum atomic E-state index is 15.1. The Labute approximate surface area is 162 Å². The number of aliphatic hydroxyl groups excluding tert-OH is 1. The van der Waals surface area contributed by atoms with Gasteiger partial charge in [0.2, 0.25) is 11.9 Å². The third kappa shape index (κ3) is 3.20. The molecule has 1 saturated heterocycles. The van der Waals surface area contributed by atoms with E-state index in [0.717, 1.165) is 0 Å². The van der Waals surface area contributed by atoms with E-state index < -0.39 is 23.9 Å². The second kappa shape index (κ2) is 7.59. The molecule has 3 rings (SSSR count). The molecule has 3 N–H and O–H groups in total. The van der Waals surface area contributed by atoms with E-state index in [1.165, 1.54) is 10.9 Å². The molecule has 154 valence electrons. The van der Waals surface area contributed by atoms with Gasteiger partial charge >= 0.3 is 0 Å². The summed E-state index contributed by atoms with van der Waals surface area (Å²) in [6.45, 7) is 6.83. The Kier molecular flexibility index (Phi) is 5.53. The third-order valence-corrected chi connectivity index (χ3v) is 5.49. The van der Waals surface area contributed by atoms with Crippen LogP contribution in [0.4, 0.5) is 16.2 Å². The minimum atomic E-state index is -1.36. The number of halogens is 1. The topological polar surface area (TPSA) is 114 Å². The number of aliphatic hydroxyl groups is 1. The molecule has 0 unspecified atom stereocenters. The second-order valence-electron chi connectivity index (χ2n) is 7.43. The van der Waals surface area contributed by atoms with Gasteiger partial charge in [-0.15, -0.1) is 0 Å². The molecule has 0 radical (unpaired) electrons. The van der Waals surface area contributed by atoms with E-state index in [0.29, 0.717) is 23.4 Å². The van der Waals surface area contributed by atoms with Crippen molar-refractivity contribution in [2.75, 3.05) is 24.3 Å². The fraction of sp³-hybridized carbons (Fsp3) is 0.667. The molecule has 3 heterocycles. The van der Waals surface area contributed by atoms with E-state index >= 15 is 4.39 Å². The number of nitrogens with one attached hydrogen (secondary N) is 2. The van der Waals surface area contributed by atoms with Gasteiger partial charge in [-0.2, -0.15) is 9.97 Å². The number of hydrogen-bond donors (Lipinski definition) is 3. The van der Waals surface area contributed by atoms with Crippen molar-refractivity contribution in [2.24, 2.45) is 11.8 Å². The number of imidazole rings is 1. The van der Waals surface area contributed by atoms with Crippen LogP contribution in [0.3, 0.4) is 0 Å². The van der Waals surface area contributed by atoms with Gasteiger partial charge in [0.05, 0.1) is 18.5 Å². The third-order valence-electron chi connectivity index (χ3n) is 5.49. The number of alkyl halides is 1. The molecule has 1 fully saturated rings. The first-order chi connectivity index (χ1) is 13.3. The molecule has 1 aliphatic rings. The zero-order valence-corrected chi connectivity index (χ0v) is 16.7. The molecular formula is C18H27FN6O3. The monoisotopic (exact) mass is 394 g/mol. The summed E-state index contributed by atoms with van der Waals surface area (Å²) in [5, 5.41) is 15.4. The Balaban J connectivity index is 2.06. The van der Waals surface area contributed by atoms with Crippen molar-refractivity contribution in [2.45, 2.75) is 52.1 Å². The van der Waals surface area contributed by atoms with Gasteiger partial charge in [0.15, 0.2) is 29.4 Å². The SMILES string of the molecule is CC[C@@]1(CO)O[C@@H](n2cnc3c(NC)nc(NC(=O)C(C)C)nc32)[C@H](F)[C@@H]1C. The predicted octanol–water partition coefficient (Wildman–Crippen LogP) is 2.11. The zero-order chi connectivity index (χ0) is 20.6. The number of aromatic nitrogens is 4. The first kappa shape index (κ1) is 20.4. The Hall–Kier alpha value is -2.33. The number of carbonyl (C=O) groups is 1. The van der Waals surface area contributed by atoms with Crippen molar-refractivity contribution in [3.8, 4) is 0 Å². The average Bonchev–Trinajstić information content (AvgIpc) is 3.21. The van der Waals surface area contributed by atoms with Gasteiger partial charge in [-0.25, -0.2) is 9.37 Å². The Morgan fingerprint density at radius 2 is 2.18 bits per heavy atom. The Morgan fingerprint density at radius 3 is 2.71 bits per heavy atom.